The molecule has 0 atom stereocenters. The molecule has 2 aromatic carbocycles. The van der Waals surface area contributed by atoms with Crippen LogP contribution in [-0.2, 0) is 14.6 Å². The minimum absolute atomic E-state index is 0.0349. The maximum Gasteiger partial charge on any atom is 0.255 e. The second kappa shape index (κ2) is 9.62. The van der Waals surface area contributed by atoms with Crippen molar-refractivity contribution in [3.63, 3.8) is 0 Å². The molecule has 6 nitrogen and oxygen atoms in total. The van der Waals surface area contributed by atoms with Gasteiger partial charge in [0.1, 0.15) is 0 Å². The number of rotatable bonds is 6. The summed E-state index contributed by atoms with van der Waals surface area (Å²) in [5.41, 5.74) is 1.15. The molecule has 3 rings (SSSR count). The summed E-state index contributed by atoms with van der Waals surface area (Å²) in [5.74, 6) is -0.0701. The van der Waals surface area contributed by atoms with Gasteiger partial charge in [-0.05, 0) is 55.2 Å². The summed E-state index contributed by atoms with van der Waals surface area (Å²) in [6.45, 7) is 0. The molecular formula is C22H25ClN2O4S. The first-order valence-electron chi connectivity index (χ1n) is 9.93. The molecule has 8 heteroatoms. The first-order chi connectivity index (χ1) is 14.2. The number of benzene rings is 2. The van der Waals surface area contributed by atoms with Crippen LogP contribution in [0.1, 0.15) is 48.9 Å². The highest BCUT2D eigenvalue weighted by Crippen LogP contribution is 2.29. The molecule has 30 heavy (non-hydrogen) atoms. The molecular weight excluding hydrogens is 424 g/mol. The Morgan fingerprint density at radius 1 is 1.03 bits per heavy atom. The van der Waals surface area contributed by atoms with E-state index in [0.29, 0.717) is 23.7 Å². The van der Waals surface area contributed by atoms with E-state index in [4.69, 9.17) is 11.6 Å². The molecule has 2 N–H and O–H groups in total. The molecule has 0 bridgehead atoms. The first kappa shape index (κ1) is 22.3. The number of anilines is 2. The Hall–Kier alpha value is -2.38. The minimum atomic E-state index is -3.41. The molecule has 1 aliphatic carbocycles. The Bertz CT molecular complexity index is 1050. The standard InChI is InChI=1S/C22H25ClN2O4S/c1-30(28,29)18-9-5-8-16(13-18)22(27)25-20-11-10-17(14-19(20)23)24-21(26)12-15-6-3-2-4-7-15/h5,8-11,13-15H,2-4,6-7,12H2,1H3,(H,24,26)(H,25,27). The smallest absolute Gasteiger partial charge is 0.255 e. The fourth-order valence-corrected chi connectivity index (χ4v) is 4.52. The van der Waals surface area contributed by atoms with Crippen LogP contribution in [0.15, 0.2) is 47.4 Å². The number of hydrogen-bond acceptors (Lipinski definition) is 4. The Labute approximate surface area is 181 Å². The van der Waals surface area contributed by atoms with Gasteiger partial charge in [-0.25, -0.2) is 8.42 Å². The van der Waals surface area contributed by atoms with E-state index in [9.17, 15) is 18.0 Å². The van der Waals surface area contributed by atoms with Gasteiger partial charge in [0.25, 0.3) is 5.91 Å². The molecule has 0 spiro atoms. The van der Waals surface area contributed by atoms with Crippen LogP contribution < -0.4 is 10.6 Å². The van der Waals surface area contributed by atoms with E-state index in [1.54, 1.807) is 18.2 Å². The van der Waals surface area contributed by atoms with E-state index in [-0.39, 0.29) is 21.4 Å². The molecule has 0 aliphatic heterocycles. The van der Waals surface area contributed by atoms with E-state index in [1.807, 2.05) is 0 Å². The van der Waals surface area contributed by atoms with Crippen LogP contribution in [0.3, 0.4) is 0 Å². The lowest BCUT2D eigenvalue weighted by molar-refractivity contribution is -0.117. The van der Waals surface area contributed by atoms with E-state index >= 15 is 0 Å². The average molecular weight is 449 g/mol. The van der Waals surface area contributed by atoms with Crippen molar-refractivity contribution in [3.8, 4) is 0 Å². The van der Waals surface area contributed by atoms with Crippen molar-refractivity contribution in [3.05, 3.63) is 53.1 Å². The van der Waals surface area contributed by atoms with Crippen molar-refractivity contribution in [1.29, 1.82) is 0 Å². The molecule has 0 saturated heterocycles. The zero-order valence-electron chi connectivity index (χ0n) is 16.8. The summed E-state index contributed by atoms with van der Waals surface area (Å²) in [7, 11) is -3.41. The molecule has 0 aromatic heterocycles. The summed E-state index contributed by atoms with van der Waals surface area (Å²) in [5, 5.41) is 5.81. The van der Waals surface area contributed by atoms with E-state index < -0.39 is 15.7 Å². The SMILES string of the molecule is CS(=O)(=O)c1cccc(C(=O)Nc2ccc(NC(=O)CC3CCCCC3)cc2Cl)c1. The molecule has 1 fully saturated rings. The molecule has 2 aromatic rings. The fraction of sp³-hybridized carbons (Fsp3) is 0.364. The number of carbonyl (C=O) groups is 2. The average Bonchev–Trinajstić information content (AvgIpc) is 2.70. The lowest BCUT2D eigenvalue weighted by Crippen LogP contribution is -2.18. The monoisotopic (exact) mass is 448 g/mol. The van der Waals surface area contributed by atoms with E-state index in [0.717, 1.165) is 19.1 Å². The Kier molecular flexibility index (Phi) is 7.15. The summed E-state index contributed by atoms with van der Waals surface area (Å²) in [6, 6.07) is 10.7. The zero-order chi connectivity index (χ0) is 21.7. The van der Waals surface area contributed by atoms with Gasteiger partial charge in [-0.1, -0.05) is 36.9 Å². The molecule has 1 saturated carbocycles. The summed E-state index contributed by atoms with van der Waals surface area (Å²) in [6.07, 6.45) is 7.41. The summed E-state index contributed by atoms with van der Waals surface area (Å²) < 4.78 is 23.4. The van der Waals surface area contributed by atoms with Crippen molar-refractivity contribution in [2.75, 3.05) is 16.9 Å². The van der Waals surface area contributed by atoms with Gasteiger partial charge in [0.05, 0.1) is 15.6 Å². The lowest BCUT2D eigenvalue weighted by atomic mass is 9.87. The number of hydrogen-bond donors (Lipinski definition) is 2. The number of nitrogens with one attached hydrogen (secondary N) is 2. The van der Waals surface area contributed by atoms with E-state index in [1.165, 1.54) is 43.5 Å². The van der Waals surface area contributed by atoms with Gasteiger partial charge in [0, 0.05) is 23.9 Å². The van der Waals surface area contributed by atoms with Crippen LogP contribution in [0, 0.1) is 5.92 Å². The predicted molar refractivity (Wildman–Crippen MR) is 119 cm³/mol. The van der Waals surface area contributed by atoms with Crippen molar-refractivity contribution in [1.82, 2.24) is 0 Å². The number of amides is 2. The van der Waals surface area contributed by atoms with Gasteiger partial charge in [-0.2, -0.15) is 0 Å². The first-order valence-corrected chi connectivity index (χ1v) is 12.2. The molecule has 2 amide bonds. The van der Waals surface area contributed by atoms with Gasteiger partial charge < -0.3 is 10.6 Å². The van der Waals surface area contributed by atoms with Gasteiger partial charge in [0.15, 0.2) is 9.84 Å². The topological polar surface area (TPSA) is 92.3 Å². The molecule has 0 unspecified atom stereocenters. The molecule has 0 radical (unpaired) electrons. The molecule has 0 heterocycles. The zero-order valence-corrected chi connectivity index (χ0v) is 18.4. The van der Waals surface area contributed by atoms with Gasteiger partial charge >= 0.3 is 0 Å². The van der Waals surface area contributed by atoms with Crippen molar-refractivity contribution in [2.24, 2.45) is 5.92 Å². The Balaban J connectivity index is 1.64. The van der Waals surface area contributed by atoms with Gasteiger partial charge in [-0.15, -0.1) is 0 Å². The van der Waals surface area contributed by atoms with Crippen molar-refractivity contribution in [2.45, 2.75) is 43.4 Å². The maximum atomic E-state index is 12.5. The van der Waals surface area contributed by atoms with Crippen LogP contribution >= 0.6 is 11.6 Å². The second-order valence-electron chi connectivity index (χ2n) is 7.71. The van der Waals surface area contributed by atoms with Crippen LogP contribution in [0.4, 0.5) is 11.4 Å². The van der Waals surface area contributed by atoms with Crippen LogP contribution in [-0.4, -0.2) is 26.5 Å². The summed E-state index contributed by atoms with van der Waals surface area (Å²) >= 11 is 6.28. The molecule has 160 valence electrons. The normalized spacial score (nSPS) is 14.9. The Morgan fingerprint density at radius 2 is 1.77 bits per heavy atom. The third-order valence-corrected chi connectivity index (χ3v) is 6.65. The minimum Gasteiger partial charge on any atom is -0.326 e. The van der Waals surface area contributed by atoms with E-state index in [2.05, 4.69) is 10.6 Å². The van der Waals surface area contributed by atoms with Crippen LogP contribution in [0.25, 0.3) is 0 Å². The largest absolute Gasteiger partial charge is 0.326 e. The van der Waals surface area contributed by atoms with Crippen molar-refractivity contribution >= 4 is 44.6 Å². The predicted octanol–water partition coefficient (Wildman–Crippen LogP) is 4.90. The second-order valence-corrected chi connectivity index (χ2v) is 10.1. The lowest BCUT2D eigenvalue weighted by Gasteiger charge is -2.20. The number of halogens is 1. The fourth-order valence-electron chi connectivity index (χ4n) is 3.62. The number of carbonyl (C=O) groups excluding carboxylic acids is 2. The summed E-state index contributed by atoms with van der Waals surface area (Å²) in [4.78, 5) is 24.8. The van der Waals surface area contributed by atoms with Gasteiger partial charge in [0.2, 0.25) is 5.91 Å². The molecule has 1 aliphatic rings. The van der Waals surface area contributed by atoms with Crippen LogP contribution in [0.2, 0.25) is 5.02 Å². The third-order valence-electron chi connectivity index (χ3n) is 5.22. The highest BCUT2D eigenvalue weighted by Gasteiger charge is 2.18. The Morgan fingerprint density at radius 3 is 2.43 bits per heavy atom. The number of sulfone groups is 1. The third kappa shape index (κ3) is 6.06. The quantitative estimate of drug-likeness (QED) is 0.657. The van der Waals surface area contributed by atoms with Gasteiger partial charge in [-0.3, -0.25) is 9.59 Å². The maximum absolute atomic E-state index is 12.5. The highest BCUT2D eigenvalue weighted by atomic mass is 35.5. The van der Waals surface area contributed by atoms with Crippen molar-refractivity contribution < 1.29 is 18.0 Å². The highest BCUT2D eigenvalue weighted by molar-refractivity contribution is 7.90. The van der Waals surface area contributed by atoms with Crippen LogP contribution in [0.5, 0.6) is 0 Å².